The number of nitrogens with one attached hydrogen (secondary N) is 1. The molecule has 22 heavy (non-hydrogen) atoms. The van der Waals surface area contributed by atoms with E-state index in [9.17, 15) is 0 Å². The molecule has 0 spiro atoms. The Bertz CT molecular complexity index is 546. The van der Waals surface area contributed by atoms with Crippen LogP contribution >= 0.6 is 0 Å². The van der Waals surface area contributed by atoms with Crippen LogP contribution in [0.2, 0.25) is 0 Å². The number of benzene rings is 2. The fraction of sp³-hybridized carbons (Fsp3) is 0.400. The van der Waals surface area contributed by atoms with Crippen molar-refractivity contribution in [2.75, 3.05) is 13.2 Å². The van der Waals surface area contributed by atoms with Gasteiger partial charge in [0.05, 0.1) is 6.04 Å². The first-order valence-corrected chi connectivity index (χ1v) is 8.20. The van der Waals surface area contributed by atoms with Crippen molar-refractivity contribution in [2.45, 2.75) is 39.8 Å². The zero-order valence-corrected chi connectivity index (χ0v) is 14.2. The molecule has 0 aliphatic heterocycles. The summed E-state index contributed by atoms with van der Waals surface area (Å²) in [6, 6.07) is 20.3. The maximum absolute atomic E-state index is 3.73. The molecule has 0 heterocycles. The fourth-order valence-electron chi connectivity index (χ4n) is 2.70. The Hall–Kier alpha value is -1.64. The highest BCUT2D eigenvalue weighted by molar-refractivity contribution is 5.33. The number of rotatable bonds is 7. The summed E-state index contributed by atoms with van der Waals surface area (Å²) in [4.78, 5) is 2.43. The zero-order valence-electron chi connectivity index (χ0n) is 14.2. The number of hydrogen-bond acceptors (Lipinski definition) is 2. The second kappa shape index (κ2) is 8.11. The Morgan fingerprint density at radius 2 is 1.50 bits per heavy atom. The SMILES string of the molecule is CCN(CNC(c1ccccc1)c1ccc(C)cc1)C(C)C. The summed E-state index contributed by atoms with van der Waals surface area (Å²) >= 11 is 0. The summed E-state index contributed by atoms with van der Waals surface area (Å²) < 4.78 is 0. The Morgan fingerprint density at radius 3 is 2.05 bits per heavy atom. The minimum atomic E-state index is 0.231. The van der Waals surface area contributed by atoms with Crippen LogP contribution in [0.1, 0.15) is 43.5 Å². The van der Waals surface area contributed by atoms with Crippen LogP contribution in [0.25, 0.3) is 0 Å². The lowest BCUT2D eigenvalue weighted by atomic mass is 9.98. The second-order valence-corrected chi connectivity index (χ2v) is 6.12. The van der Waals surface area contributed by atoms with E-state index in [4.69, 9.17) is 0 Å². The van der Waals surface area contributed by atoms with Gasteiger partial charge in [-0.15, -0.1) is 0 Å². The van der Waals surface area contributed by atoms with E-state index in [1.165, 1.54) is 16.7 Å². The molecule has 0 fully saturated rings. The number of nitrogens with zero attached hydrogens (tertiary/aromatic N) is 1. The Kier molecular flexibility index (Phi) is 6.17. The van der Waals surface area contributed by atoms with Crippen molar-refractivity contribution < 1.29 is 0 Å². The quantitative estimate of drug-likeness (QED) is 0.764. The molecular formula is C20H28N2. The van der Waals surface area contributed by atoms with Gasteiger partial charge in [0.15, 0.2) is 0 Å². The highest BCUT2D eigenvalue weighted by Crippen LogP contribution is 2.22. The van der Waals surface area contributed by atoms with Gasteiger partial charge in [0.25, 0.3) is 0 Å². The Balaban J connectivity index is 2.21. The summed E-state index contributed by atoms with van der Waals surface area (Å²) in [5.74, 6) is 0. The van der Waals surface area contributed by atoms with E-state index < -0.39 is 0 Å². The summed E-state index contributed by atoms with van der Waals surface area (Å²) in [6.45, 7) is 10.8. The molecule has 118 valence electrons. The van der Waals surface area contributed by atoms with E-state index >= 15 is 0 Å². The summed E-state index contributed by atoms with van der Waals surface area (Å²) in [5.41, 5.74) is 3.93. The van der Waals surface area contributed by atoms with E-state index in [2.05, 4.69) is 92.5 Å². The fourth-order valence-corrected chi connectivity index (χ4v) is 2.70. The number of aryl methyl sites for hydroxylation is 1. The van der Waals surface area contributed by atoms with Crippen LogP contribution < -0.4 is 5.32 Å². The van der Waals surface area contributed by atoms with Crippen molar-refractivity contribution in [3.8, 4) is 0 Å². The molecule has 1 atom stereocenters. The molecule has 0 aliphatic rings. The number of hydrogen-bond donors (Lipinski definition) is 1. The van der Waals surface area contributed by atoms with Gasteiger partial charge in [-0.3, -0.25) is 10.2 Å². The lowest BCUT2D eigenvalue weighted by Crippen LogP contribution is -2.40. The van der Waals surface area contributed by atoms with Gasteiger partial charge in [-0.05, 0) is 38.4 Å². The lowest BCUT2D eigenvalue weighted by molar-refractivity contribution is 0.209. The van der Waals surface area contributed by atoms with E-state index in [-0.39, 0.29) is 6.04 Å². The molecule has 2 nitrogen and oxygen atoms in total. The minimum absolute atomic E-state index is 0.231. The molecule has 2 aromatic carbocycles. The molecule has 0 saturated heterocycles. The van der Waals surface area contributed by atoms with E-state index in [1.807, 2.05) is 0 Å². The molecule has 1 N–H and O–H groups in total. The van der Waals surface area contributed by atoms with Gasteiger partial charge in [-0.2, -0.15) is 0 Å². The van der Waals surface area contributed by atoms with Crippen molar-refractivity contribution in [1.82, 2.24) is 10.2 Å². The molecule has 0 bridgehead atoms. The van der Waals surface area contributed by atoms with E-state index in [0.717, 1.165) is 13.2 Å². The largest absolute Gasteiger partial charge is 0.293 e. The molecular weight excluding hydrogens is 268 g/mol. The van der Waals surface area contributed by atoms with Crippen LogP contribution in [-0.4, -0.2) is 24.2 Å². The van der Waals surface area contributed by atoms with Crippen LogP contribution in [0, 0.1) is 6.92 Å². The van der Waals surface area contributed by atoms with Crippen LogP contribution in [0.4, 0.5) is 0 Å². The van der Waals surface area contributed by atoms with Crippen molar-refractivity contribution >= 4 is 0 Å². The van der Waals surface area contributed by atoms with Gasteiger partial charge in [-0.1, -0.05) is 67.1 Å². The van der Waals surface area contributed by atoms with Gasteiger partial charge < -0.3 is 0 Å². The molecule has 1 unspecified atom stereocenters. The Morgan fingerprint density at radius 1 is 0.909 bits per heavy atom. The molecule has 2 aromatic rings. The highest BCUT2D eigenvalue weighted by atomic mass is 15.2. The second-order valence-electron chi connectivity index (χ2n) is 6.12. The average molecular weight is 296 g/mol. The van der Waals surface area contributed by atoms with Crippen molar-refractivity contribution in [3.05, 3.63) is 71.3 Å². The molecule has 0 amide bonds. The summed E-state index contributed by atoms with van der Waals surface area (Å²) in [7, 11) is 0. The maximum Gasteiger partial charge on any atom is 0.0586 e. The van der Waals surface area contributed by atoms with E-state index in [1.54, 1.807) is 0 Å². The summed E-state index contributed by atoms with van der Waals surface area (Å²) in [6.07, 6.45) is 0. The first kappa shape index (κ1) is 16.7. The van der Waals surface area contributed by atoms with Crippen molar-refractivity contribution in [1.29, 1.82) is 0 Å². The minimum Gasteiger partial charge on any atom is -0.293 e. The highest BCUT2D eigenvalue weighted by Gasteiger charge is 2.15. The normalized spacial score (nSPS) is 12.8. The van der Waals surface area contributed by atoms with E-state index in [0.29, 0.717) is 6.04 Å². The zero-order chi connectivity index (χ0) is 15.9. The lowest BCUT2D eigenvalue weighted by Gasteiger charge is -2.29. The molecule has 0 aliphatic carbocycles. The van der Waals surface area contributed by atoms with Crippen molar-refractivity contribution in [3.63, 3.8) is 0 Å². The first-order chi connectivity index (χ1) is 10.6. The third-order valence-electron chi connectivity index (χ3n) is 4.18. The third kappa shape index (κ3) is 4.43. The smallest absolute Gasteiger partial charge is 0.0586 e. The molecule has 2 heteroatoms. The molecule has 0 saturated carbocycles. The predicted molar refractivity (Wildman–Crippen MR) is 95.0 cm³/mol. The van der Waals surface area contributed by atoms with Crippen LogP contribution in [0.5, 0.6) is 0 Å². The molecule has 0 aromatic heterocycles. The average Bonchev–Trinajstić information content (AvgIpc) is 2.53. The summed E-state index contributed by atoms with van der Waals surface area (Å²) in [5, 5.41) is 3.73. The maximum atomic E-state index is 3.73. The van der Waals surface area contributed by atoms with Crippen LogP contribution in [-0.2, 0) is 0 Å². The molecule has 2 rings (SSSR count). The van der Waals surface area contributed by atoms with Gasteiger partial charge in [0.1, 0.15) is 0 Å². The standard InChI is InChI=1S/C20H28N2/c1-5-22(16(2)3)15-21-20(18-9-7-6-8-10-18)19-13-11-17(4)12-14-19/h6-14,16,20-21H,5,15H2,1-4H3. The van der Waals surface area contributed by atoms with Gasteiger partial charge >= 0.3 is 0 Å². The monoisotopic (exact) mass is 296 g/mol. The van der Waals surface area contributed by atoms with Crippen LogP contribution in [0.15, 0.2) is 54.6 Å². The van der Waals surface area contributed by atoms with Gasteiger partial charge in [0, 0.05) is 12.7 Å². The predicted octanol–water partition coefficient (Wildman–Crippen LogP) is 4.36. The van der Waals surface area contributed by atoms with Gasteiger partial charge in [-0.25, -0.2) is 0 Å². The topological polar surface area (TPSA) is 15.3 Å². The molecule has 0 radical (unpaired) electrons. The van der Waals surface area contributed by atoms with Crippen molar-refractivity contribution in [2.24, 2.45) is 0 Å². The first-order valence-electron chi connectivity index (χ1n) is 8.20. The Labute approximate surface area is 135 Å². The van der Waals surface area contributed by atoms with Crippen LogP contribution in [0.3, 0.4) is 0 Å². The van der Waals surface area contributed by atoms with Gasteiger partial charge in [0.2, 0.25) is 0 Å². The third-order valence-corrected chi connectivity index (χ3v) is 4.18.